The number of benzene rings is 1. The monoisotopic (exact) mass is 311 g/mol. The number of anilines is 1. The summed E-state index contributed by atoms with van der Waals surface area (Å²) in [6.45, 7) is 3.34. The standard InChI is InChI=1S/C14H18ClN3OS/c1-14(12(16)20)6-8-18(9-7-14)13(19)17-11-5-3-2-4-10(11)15/h2-5H,6-9H2,1H3,(H2,16,20)(H,17,19). The minimum atomic E-state index is -0.142. The number of likely N-dealkylation sites (tertiary alicyclic amines) is 1. The molecule has 2 rings (SSSR count). The van der Waals surface area contributed by atoms with Gasteiger partial charge in [-0.1, -0.05) is 42.9 Å². The van der Waals surface area contributed by atoms with Crippen LogP contribution in [0.25, 0.3) is 0 Å². The predicted octanol–water partition coefficient (Wildman–Crippen LogP) is 3.26. The topological polar surface area (TPSA) is 58.4 Å². The Morgan fingerprint density at radius 1 is 1.40 bits per heavy atom. The fraction of sp³-hybridized carbons (Fsp3) is 0.429. The van der Waals surface area contributed by atoms with E-state index in [-0.39, 0.29) is 11.4 Å². The van der Waals surface area contributed by atoms with Gasteiger partial charge in [-0.25, -0.2) is 4.79 Å². The van der Waals surface area contributed by atoms with Crippen LogP contribution in [0.15, 0.2) is 24.3 Å². The summed E-state index contributed by atoms with van der Waals surface area (Å²) < 4.78 is 0. The van der Waals surface area contributed by atoms with Crippen LogP contribution in [0.5, 0.6) is 0 Å². The molecule has 1 aromatic carbocycles. The molecule has 0 bridgehead atoms. The summed E-state index contributed by atoms with van der Waals surface area (Å²) in [7, 11) is 0. The van der Waals surface area contributed by atoms with Crippen LogP contribution in [0, 0.1) is 5.41 Å². The third-order valence-electron chi connectivity index (χ3n) is 3.86. The van der Waals surface area contributed by atoms with E-state index >= 15 is 0 Å². The van der Waals surface area contributed by atoms with E-state index in [4.69, 9.17) is 29.6 Å². The Morgan fingerprint density at radius 3 is 2.55 bits per heavy atom. The van der Waals surface area contributed by atoms with Crippen LogP contribution >= 0.6 is 23.8 Å². The van der Waals surface area contributed by atoms with Crippen LogP contribution in [-0.2, 0) is 0 Å². The lowest BCUT2D eigenvalue weighted by molar-refractivity contribution is 0.171. The molecule has 0 aliphatic carbocycles. The van der Waals surface area contributed by atoms with Crippen LogP contribution in [0.4, 0.5) is 10.5 Å². The van der Waals surface area contributed by atoms with Crippen molar-refractivity contribution in [1.82, 2.24) is 4.90 Å². The number of para-hydroxylation sites is 1. The molecule has 6 heteroatoms. The summed E-state index contributed by atoms with van der Waals surface area (Å²) in [6.07, 6.45) is 1.58. The number of halogens is 1. The molecule has 3 N–H and O–H groups in total. The van der Waals surface area contributed by atoms with E-state index in [1.165, 1.54) is 0 Å². The SMILES string of the molecule is CC1(C(N)=S)CCN(C(=O)Nc2ccccc2Cl)CC1. The largest absolute Gasteiger partial charge is 0.393 e. The number of rotatable bonds is 2. The molecule has 20 heavy (non-hydrogen) atoms. The van der Waals surface area contributed by atoms with Gasteiger partial charge in [0.2, 0.25) is 0 Å². The fourth-order valence-electron chi connectivity index (χ4n) is 2.21. The second kappa shape index (κ2) is 5.97. The van der Waals surface area contributed by atoms with E-state index < -0.39 is 0 Å². The molecule has 4 nitrogen and oxygen atoms in total. The number of amides is 2. The Morgan fingerprint density at radius 2 is 2.00 bits per heavy atom. The fourth-order valence-corrected chi connectivity index (χ4v) is 2.59. The molecule has 0 unspecified atom stereocenters. The molecule has 1 aliphatic rings. The van der Waals surface area contributed by atoms with E-state index in [0.29, 0.717) is 28.8 Å². The lowest BCUT2D eigenvalue weighted by Crippen LogP contribution is -2.47. The number of hydrogen-bond acceptors (Lipinski definition) is 2. The third kappa shape index (κ3) is 3.22. The maximum absolute atomic E-state index is 12.2. The summed E-state index contributed by atoms with van der Waals surface area (Å²) in [6, 6.07) is 7.05. The van der Waals surface area contributed by atoms with Crippen molar-refractivity contribution in [1.29, 1.82) is 0 Å². The maximum Gasteiger partial charge on any atom is 0.321 e. The Kier molecular flexibility index (Phi) is 4.50. The molecule has 1 aromatic rings. The number of carbonyl (C=O) groups excluding carboxylic acids is 1. The summed E-state index contributed by atoms with van der Waals surface area (Å²) in [5.74, 6) is 0. The van der Waals surface area contributed by atoms with Gasteiger partial charge in [-0.2, -0.15) is 0 Å². The first-order valence-electron chi connectivity index (χ1n) is 6.53. The van der Waals surface area contributed by atoms with E-state index in [1.54, 1.807) is 17.0 Å². The molecular formula is C14H18ClN3OS. The second-order valence-corrected chi connectivity index (χ2v) is 6.17. The van der Waals surface area contributed by atoms with E-state index in [2.05, 4.69) is 12.2 Å². The third-order valence-corrected chi connectivity index (χ3v) is 4.69. The lowest BCUT2D eigenvalue weighted by Gasteiger charge is -2.38. The molecule has 0 saturated carbocycles. The van der Waals surface area contributed by atoms with Gasteiger partial charge in [0.25, 0.3) is 0 Å². The highest BCUT2D eigenvalue weighted by molar-refractivity contribution is 7.80. The Bertz CT molecular complexity index is 527. The van der Waals surface area contributed by atoms with Crippen LogP contribution in [0.2, 0.25) is 5.02 Å². The van der Waals surface area contributed by atoms with Crippen LogP contribution in [0.1, 0.15) is 19.8 Å². The average Bonchev–Trinajstić information content (AvgIpc) is 2.42. The predicted molar refractivity (Wildman–Crippen MR) is 86.2 cm³/mol. The summed E-state index contributed by atoms with van der Waals surface area (Å²) >= 11 is 11.1. The first-order valence-corrected chi connectivity index (χ1v) is 7.31. The highest BCUT2D eigenvalue weighted by Gasteiger charge is 2.34. The molecule has 1 fully saturated rings. The molecule has 1 saturated heterocycles. The maximum atomic E-state index is 12.2. The van der Waals surface area contributed by atoms with E-state index in [0.717, 1.165) is 12.8 Å². The van der Waals surface area contributed by atoms with Crippen molar-refractivity contribution in [3.05, 3.63) is 29.3 Å². The van der Waals surface area contributed by atoms with Crippen molar-refractivity contribution in [3.63, 3.8) is 0 Å². The highest BCUT2D eigenvalue weighted by Crippen LogP contribution is 2.31. The average molecular weight is 312 g/mol. The summed E-state index contributed by atoms with van der Waals surface area (Å²) in [5.41, 5.74) is 6.25. The molecule has 0 spiro atoms. The molecular weight excluding hydrogens is 294 g/mol. The smallest absolute Gasteiger partial charge is 0.321 e. The molecule has 1 aliphatic heterocycles. The lowest BCUT2D eigenvalue weighted by atomic mass is 9.80. The molecule has 2 amide bonds. The molecule has 0 atom stereocenters. The van der Waals surface area contributed by atoms with Gasteiger partial charge in [-0.15, -0.1) is 0 Å². The Balaban J connectivity index is 1.96. The number of thiocarbonyl (C=S) groups is 1. The van der Waals surface area contributed by atoms with Crippen LogP contribution < -0.4 is 11.1 Å². The highest BCUT2D eigenvalue weighted by atomic mass is 35.5. The zero-order chi connectivity index (χ0) is 14.8. The number of nitrogens with one attached hydrogen (secondary N) is 1. The van der Waals surface area contributed by atoms with Crippen molar-refractivity contribution >= 4 is 40.5 Å². The van der Waals surface area contributed by atoms with Gasteiger partial charge in [0.05, 0.1) is 15.7 Å². The van der Waals surface area contributed by atoms with Gasteiger partial charge in [0.1, 0.15) is 0 Å². The van der Waals surface area contributed by atoms with Gasteiger partial charge in [-0.05, 0) is 25.0 Å². The van der Waals surface area contributed by atoms with E-state index in [9.17, 15) is 4.79 Å². The van der Waals surface area contributed by atoms with Gasteiger partial charge in [0, 0.05) is 18.5 Å². The molecule has 0 aromatic heterocycles. The van der Waals surface area contributed by atoms with Gasteiger partial charge in [0.15, 0.2) is 0 Å². The number of nitrogens with zero attached hydrogens (tertiary/aromatic N) is 1. The van der Waals surface area contributed by atoms with Gasteiger partial charge in [-0.3, -0.25) is 0 Å². The first kappa shape index (κ1) is 15.1. The molecule has 1 heterocycles. The minimum absolute atomic E-state index is 0.136. The summed E-state index contributed by atoms with van der Waals surface area (Å²) in [4.78, 5) is 14.5. The zero-order valence-corrected chi connectivity index (χ0v) is 12.9. The van der Waals surface area contributed by atoms with Gasteiger partial charge >= 0.3 is 6.03 Å². The number of piperidine rings is 1. The van der Waals surface area contributed by atoms with Crippen LogP contribution in [0.3, 0.4) is 0 Å². The molecule has 108 valence electrons. The minimum Gasteiger partial charge on any atom is -0.393 e. The van der Waals surface area contributed by atoms with Crippen molar-refractivity contribution < 1.29 is 4.79 Å². The van der Waals surface area contributed by atoms with Crippen molar-refractivity contribution in [3.8, 4) is 0 Å². The zero-order valence-electron chi connectivity index (χ0n) is 11.4. The van der Waals surface area contributed by atoms with Crippen molar-refractivity contribution in [2.45, 2.75) is 19.8 Å². The van der Waals surface area contributed by atoms with Crippen molar-refractivity contribution in [2.75, 3.05) is 18.4 Å². The Labute approximate surface area is 129 Å². The number of urea groups is 1. The first-order chi connectivity index (χ1) is 9.42. The van der Waals surface area contributed by atoms with E-state index in [1.807, 2.05) is 12.1 Å². The van der Waals surface area contributed by atoms with Crippen molar-refractivity contribution in [2.24, 2.45) is 11.1 Å². The molecule has 0 radical (unpaired) electrons. The summed E-state index contributed by atoms with van der Waals surface area (Å²) in [5, 5.41) is 3.36. The normalized spacial score (nSPS) is 17.6. The van der Waals surface area contributed by atoms with Crippen LogP contribution in [-0.4, -0.2) is 29.0 Å². The second-order valence-electron chi connectivity index (χ2n) is 5.32. The Hall–Kier alpha value is -1.33. The number of nitrogens with two attached hydrogens (primary N) is 1. The quantitative estimate of drug-likeness (QED) is 0.824. The number of carbonyl (C=O) groups is 1. The number of hydrogen-bond donors (Lipinski definition) is 2. The van der Waals surface area contributed by atoms with Gasteiger partial charge < -0.3 is 16.0 Å².